The summed E-state index contributed by atoms with van der Waals surface area (Å²) in [7, 11) is 1.54. The summed E-state index contributed by atoms with van der Waals surface area (Å²) in [4.78, 5) is 24.9. The van der Waals surface area contributed by atoms with E-state index in [1.807, 2.05) is 18.2 Å². The summed E-state index contributed by atoms with van der Waals surface area (Å²) in [6.07, 6.45) is 1.39. The molecule has 102 valence electrons. The van der Waals surface area contributed by atoms with Crippen LogP contribution in [0.2, 0.25) is 0 Å². The minimum atomic E-state index is -0.198. The van der Waals surface area contributed by atoms with E-state index in [1.165, 1.54) is 4.90 Å². The Hall–Kier alpha value is -1.68. The predicted octanol–water partition coefficient (Wildman–Crippen LogP) is 1.90. The smallest absolute Gasteiger partial charge is 0.260 e. The van der Waals surface area contributed by atoms with Gasteiger partial charge < -0.3 is 5.32 Å². The predicted molar refractivity (Wildman–Crippen MR) is 74.0 cm³/mol. The maximum absolute atomic E-state index is 12.1. The molecule has 1 aliphatic rings. The van der Waals surface area contributed by atoms with Crippen molar-refractivity contribution < 1.29 is 9.59 Å². The SMILES string of the molecule is CCCNC(C)c1ccc2c(c1)C(=O)N(C)C(=O)C2. The van der Waals surface area contributed by atoms with Crippen molar-refractivity contribution in [3.05, 3.63) is 34.9 Å². The fourth-order valence-corrected chi connectivity index (χ4v) is 2.27. The van der Waals surface area contributed by atoms with Crippen LogP contribution in [0, 0.1) is 0 Å². The molecule has 19 heavy (non-hydrogen) atoms. The zero-order valence-corrected chi connectivity index (χ0v) is 11.7. The summed E-state index contributed by atoms with van der Waals surface area (Å²) in [6.45, 7) is 5.15. The Morgan fingerprint density at radius 3 is 2.79 bits per heavy atom. The molecule has 0 aromatic heterocycles. The average molecular weight is 260 g/mol. The second-order valence-corrected chi connectivity index (χ2v) is 5.03. The van der Waals surface area contributed by atoms with Crippen molar-refractivity contribution in [1.29, 1.82) is 0 Å². The van der Waals surface area contributed by atoms with Crippen LogP contribution >= 0.6 is 0 Å². The number of nitrogens with one attached hydrogen (secondary N) is 1. The highest BCUT2D eigenvalue weighted by Gasteiger charge is 2.28. The Morgan fingerprint density at radius 2 is 2.11 bits per heavy atom. The van der Waals surface area contributed by atoms with Crippen LogP contribution in [0.1, 0.15) is 47.8 Å². The van der Waals surface area contributed by atoms with Crippen molar-refractivity contribution in [1.82, 2.24) is 10.2 Å². The van der Waals surface area contributed by atoms with Crippen molar-refractivity contribution >= 4 is 11.8 Å². The molecular formula is C15H20N2O2. The highest BCUT2D eigenvalue weighted by molar-refractivity contribution is 6.09. The number of rotatable bonds is 4. The van der Waals surface area contributed by atoms with Crippen LogP contribution in [-0.2, 0) is 11.2 Å². The lowest BCUT2D eigenvalue weighted by Gasteiger charge is -2.24. The van der Waals surface area contributed by atoms with Gasteiger partial charge in [-0.2, -0.15) is 0 Å². The van der Waals surface area contributed by atoms with Gasteiger partial charge in [0, 0.05) is 18.7 Å². The highest BCUT2D eigenvalue weighted by atomic mass is 16.2. The van der Waals surface area contributed by atoms with Crippen molar-refractivity contribution in [2.45, 2.75) is 32.7 Å². The number of carbonyl (C=O) groups is 2. The first-order valence-electron chi connectivity index (χ1n) is 6.71. The highest BCUT2D eigenvalue weighted by Crippen LogP contribution is 2.23. The Morgan fingerprint density at radius 1 is 1.37 bits per heavy atom. The van der Waals surface area contributed by atoms with Crippen LogP contribution in [0.25, 0.3) is 0 Å². The van der Waals surface area contributed by atoms with Gasteiger partial charge in [0.2, 0.25) is 5.91 Å². The molecule has 0 radical (unpaired) electrons. The number of amides is 2. The lowest BCUT2D eigenvalue weighted by atomic mass is 9.94. The summed E-state index contributed by atoms with van der Waals surface area (Å²) in [5, 5.41) is 3.40. The molecule has 2 amide bonds. The third-order valence-corrected chi connectivity index (χ3v) is 3.59. The van der Waals surface area contributed by atoms with Crippen LogP contribution in [-0.4, -0.2) is 30.3 Å². The fraction of sp³-hybridized carbons (Fsp3) is 0.467. The van der Waals surface area contributed by atoms with Crippen molar-refractivity contribution in [3.8, 4) is 0 Å². The molecule has 1 aromatic carbocycles. The fourth-order valence-electron chi connectivity index (χ4n) is 2.27. The van der Waals surface area contributed by atoms with Crippen LogP contribution in [0.4, 0.5) is 0 Å². The molecular weight excluding hydrogens is 240 g/mol. The first kappa shape index (κ1) is 13.7. The Balaban J connectivity index is 2.28. The minimum Gasteiger partial charge on any atom is -0.310 e. The molecule has 2 rings (SSSR count). The summed E-state index contributed by atoms with van der Waals surface area (Å²) < 4.78 is 0. The number of likely N-dealkylation sites (N-methyl/N-ethyl adjacent to an activating group) is 1. The molecule has 1 N–H and O–H groups in total. The first-order valence-corrected chi connectivity index (χ1v) is 6.71. The monoisotopic (exact) mass is 260 g/mol. The number of hydrogen-bond donors (Lipinski definition) is 1. The quantitative estimate of drug-likeness (QED) is 0.841. The second kappa shape index (κ2) is 5.53. The van der Waals surface area contributed by atoms with Gasteiger partial charge in [-0.05, 0) is 37.1 Å². The Labute approximate surface area is 113 Å². The number of carbonyl (C=O) groups excluding carboxylic acids is 2. The van der Waals surface area contributed by atoms with Gasteiger partial charge in [0.1, 0.15) is 0 Å². The molecule has 0 aliphatic carbocycles. The van der Waals surface area contributed by atoms with Gasteiger partial charge in [0.25, 0.3) is 5.91 Å². The van der Waals surface area contributed by atoms with E-state index in [9.17, 15) is 9.59 Å². The third-order valence-electron chi connectivity index (χ3n) is 3.59. The van der Waals surface area contributed by atoms with Gasteiger partial charge in [0.05, 0.1) is 6.42 Å². The van der Waals surface area contributed by atoms with Crippen LogP contribution in [0.15, 0.2) is 18.2 Å². The third kappa shape index (κ3) is 2.68. The molecule has 0 saturated carbocycles. The normalized spacial score (nSPS) is 16.5. The number of imide groups is 1. The molecule has 4 heteroatoms. The van der Waals surface area contributed by atoms with Gasteiger partial charge in [-0.25, -0.2) is 0 Å². The van der Waals surface area contributed by atoms with Gasteiger partial charge in [-0.15, -0.1) is 0 Å². The average Bonchev–Trinajstić information content (AvgIpc) is 2.42. The van der Waals surface area contributed by atoms with Crippen LogP contribution in [0.5, 0.6) is 0 Å². The Kier molecular flexibility index (Phi) is 4.00. The molecule has 1 atom stereocenters. The van der Waals surface area contributed by atoms with E-state index in [0.29, 0.717) is 12.0 Å². The van der Waals surface area contributed by atoms with E-state index in [0.717, 1.165) is 24.1 Å². The summed E-state index contributed by atoms with van der Waals surface area (Å²) in [6, 6.07) is 6.02. The van der Waals surface area contributed by atoms with Gasteiger partial charge in [-0.3, -0.25) is 14.5 Å². The summed E-state index contributed by atoms with van der Waals surface area (Å²) in [5.74, 6) is -0.335. The second-order valence-electron chi connectivity index (χ2n) is 5.03. The number of fused-ring (bicyclic) bond motifs is 1. The zero-order chi connectivity index (χ0) is 14.0. The molecule has 1 aromatic rings. The Bertz CT molecular complexity index is 511. The van der Waals surface area contributed by atoms with Crippen molar-refractivity contribution in [2.24, 2.45) is 0 Å². The van der Waals surface area contributed by atoms with E-state index in [-0.39, 0.29) is 17.9 Å². The van der Waals surface area contributed by atoms with E-state index in [2.05, 4.69) is 19.2 Å². The van der Waals surface area contributed by atoms with Crippen LogP contribution < -0.4 is 5.32 Å². The molecule has 0 saturated heterocycles. The van der Waals surface area contributed by atoms with Crippen molar-refractivity contribution in [3.63, 3.8) is 0 Å². The molecule has 0 spiro atoms. The maximum atomic E-state index is 12.1. The van der Waals surface area contributed by atoms with E-state index in [1.54, 1.807) is 7.05 Å². The number of nitrogens with zero attached hydrogens (tertiary/aromatic N) is 1. The maximum Gasteiger partial charge on any atom is 0.260 e. The molecule has 4 nitrogen and oxygen atoms in total. The van der Waals surface area contributed by atoms with Gasteiger partial charge in [-0.1, -0.05) is 19.1 Å². The molecule has 1 unspecified atom stereocenters. The number of benzene rings is 1. The van der Waals surface area contributed by atoms with Gasteiger partial charge in [0.15, 0.2) is 0 Å². The zero-order valence-electron chi connectivity index (χ0n) is 11.7. The van der Waals surface area contributed by atoms with Crippen molar-refractivity contribution in [2.75, 3.05) is 13.6 Å². The summed E-state index contributed by atoms with van der Waals surface area (Å²) in [5.41, 5.74) is 2.58. The molecule has 0 bridgehead atoms. The largest absolute Gasteiger partial charge is 0.310 e. The van der Waals surface area contributed by atoms with E-state index < -0.39 is 0 Å². The summed E-state index contributed by atoms with van der Waals surface area (Å²) >= 11 is 0. The minimum absolute atomic E-state index is 0.137. The lowest BCUT2D eigenvalue weighted by Crippen LogP contribution is -2.39. The molecule has 1 heterocycles. The topological polar surface area (TPSA) is 49.4 Å². The molecule has 1 aliphatic heterocycles. The first-order chi connectivity index (χ1) is 9.04. The lowest BCUT2D eigenvalue weighted by molar-refractivity contribution is -0.127. The molecule has 0 fully saturated rings. The van der Waals surface area contributed by atoms with Crippen LogP contribution in [0.3, 0.4) is 0 Å². The standard InChI is InChI=1S/C15H20N2O2/c1-4-7-16-10(2)11-5-6-12-9-14(18)17(3)15(19)13(12)8-11/h5-6,8,10,16H,4,7,9H2,1-3H3. The van der Waals surface area contributed by atoms with E-state index in [4.69, 9.17) is 0 Å². The van der Waals surface area contributed by atoms with Gasteiger partial charge >= 0.3 is 0 Å². The number of hydrogen-bond acceptors (Lipinski definition) is 3. The van der Waals surface area contributed by atoms with E-state index >= 15 is 0 Å².